The van der Waals surface area contributed by atoms with E-state index in [4.69, 9.17) is 0 Å². The van der Waals surface area contributed by atoms with Gasteiger partial charge in [0.25, 0.3) is 0 Å². The molecule has 1 amide bonds. The molecule has 2 atom stereocenters. The first kappa shape index (κ1) is 13.7. The molecule has 2 aromatic carbocycles. The van der Waals surface area contributed by atoms with Crippen molar-refractivity contribution in [2.75, 3.05) is 5.32 Å². The first-order valence-electron chi connectivity index (χ1n) is 7.35. The van der Waals surface area contributed by atoms with E-state index in [2.05, 4.69) is 47.9 Å². The minimum atomic E-state index is -0.171. The molecule has 3 rings (SSSR count). The zero-order valence-corrected chi connectivity index (χ0v) is 12.4. The van der Waals surface area contributed by atoms with Crippen LogP contribution in [0.2, 0.25) is 0 Å². The van der Waals surface area contributed by atoms with Crippen molar-refractivity contribution in [1.82, 2.24) is 5.32 Å². The molecule has 0 spiro atoms. The molecule has 3 nitrogen and oxygen atoms in total. The summed E-state index contributed by atoms with van der Waals surface area (Å²) in [7, 11) is 0. The molecule has 0 saturated heterocycles. The van der Waals surface area contributed by atoms with Gasteiger partial charge >= 0.3 is 0 Å². The van der Waals surface area contributed by atoms with Crippen LogP contribution in [0.25, 0.3) is 0 Å². The monoisotopic (exact) mass is 280 g/mol. The van der Waals surface area contributed by atoms with E-state index < -0.39 is 0 Å². The number of carbonyl (C=O) groups excluding carboxylic acids is 1. The van der Waals surface area contributed by atoms with Crippen molar-refractivity contribution in [3.63, 3.8) is 0 Å². The minimum absolute atomic E-state index is 0.0172. The largest absolute Gasteiger partial charge is 0.373 e. The molecule has 0 saturated carbocycles. The molecule has 3 heteroatoms. The smallest absolute Gasteiger partial charge is 0.243 e. The van der Waals surface area contributed by atoms with E-state index in [1.54, 1.807) is 0 Å². The number of nitrogens with one attached hydrogen (secondary N) is 2. The summed E-state index contributed by atoms with van der Waals surface area (Å²) in [5.74, 6) is 0.0549. The van der Waals surface area contributed by atoms with Crippen LogP contribution in [0, 0.1) is 6.92 Å². The van der Waals surface area contributed by atoms with E-state index in [1.807, 2.05) is 25.1 Å². The third-order valence-corrected chi connectivity index (χ3v) is 4.02. The highest BCUT2D eigenvalue weighted by Gasteiger charge is 2.27. The van der Waals surface area contributed by atoms with Crippen LogP contribution >= 0.6 is 0 Å². The first-order chi connectivity index (χ1) is 10.1. The number of para-hydroxylation sites is 1. The van der Waals surface area contributed by atoms with Gasteiger partial charge in [-0.15, -0.1) is 0 Å². The molecule has 1 heterocycles. The lowest BCUT2D eigenvalue weighted by atomic mass is 10.1. The lowest BCUT2D eigenvalue weighted by Gasteiger charge is -2.18. The number of carbonyl (C=O) groups is 1. The molecule has 2 N–H and O–H groups in total. The van der Waals surface area contributed by atoms with E-state index in [0.717, 1.165) is 17.7 Å². The summed E-state index contributed by atoms with van der Waals surface area (Å²) in [5.41, 5.74) is 4.64. The van der Waals surface area contributed by atoms with Gasteiger partial charge in [-0.1, -0.05) is 48.0 Å². The second kappa shape index (κ2) is 5.60. The quantitative estimate of drug-likeness (QED) is 0.906. The normalized spacial score (nSPS) is 17.7. The number of hydrogen-bond donors (Lipinski definition) is 2. The fraction of sp³-hybridized carbons (Fsp3) is 0.278. The SMILES string of the molecule is Cc1ccc([C@H](C)NC(=O)[C@@H]2Cc3ccccc3N2)cc1. The second-order valence-corrected chi connectivity index (χ2v) is 5.70. The van der Waals surface area contributed by atoms with Crippen molar-refractivity contribution in [1.29, 1.82) is 0 Å². The van der Waals surface area contributed by atoms with Gasteiger partial charge in [0.05, 0.1) is 6.04 Å². The van der Waals surface area contributed by atoms with Crippen LogP contribution in [0.4, 0.5) is 5.69 Å². The maximum atomic E-state index is 12.4. The average Bonchev–Trinajstić information content (AvgIpc) is 2.92. The molecular weight excluding hydrogens is 260 g/mol. The van der Waals surface area contributed by atoms with Crippen molar-refractivity contribution in [3.8, 4) is 0 Å². The van der Waals surface area contributed by atoms with Gasteiger partial charge in [-0.05, 0) is 31.0 Å². The summed E-state index contributed by atoms with van der Waals surface area (Å²) in [4.78, 5) is 12.4. The summed E-state index contributed by atoms with van der Waals surface area (Å²) in [6, 6.07) is 16.2. The lowest BCUT2D eigenvalue weighted by molar-refractivity contribution is -0.122. The summed E-state index contributed by atoms with van der Waals surface area (Å²) in [5, 5.41) is 6.38. The molecule has 0 aromatic heterocycles. The van der Waals surface area contributed by atoms with Crippen molar-refractivity contribution < 1.29 is 4.79 Å². The molecule has 21 heavy (non-hydrogen) atoms. The number of rotatable bonds is 3. The Kier molecular flexibility index (Phi) is 3.65. The number of amides is 1. The Morgan fingerprint density at radius 2 is 1.90 bits per heavy atom. The molecule has 0 aliphatic carbocycles. The van der Waals surface area contributed by atoms with Crippen molar-refractivity contribution in [3.05, 3.63) is 65.2 Å². The summed E-state index contributed by atoms with van der Waals surface area (Å²) < 4.78 is 0. The van der Waals surface area contributed by atoms with Gasteiger partial charge in [0.15, 0.2) is 0 Å². The Morgan fingerprint density at radius 1 is 1.19 bits per heavy atom. The van der Waals surface area contributed by atoms with Gasteiger partial charge in [-0.2, -0.15) is 0 Å². The van der Waals surface area contributed by atoms with Crippen LogP contribution in [0.5, 0.6) is 0 Å². The van der Waals surface area contributed by atoms with Crippen LogP contribution < -0.4 is 10.6 Å². The van der Waals surface area contributed by atoms with E-state index >= 15 is 0 Å². The third kappa shape index (κ3) is 2.92. The molecular formula is C18H20N2O. The van der Waals surface area contributed by atoms with Gasteiger partial charge in [0.2, 0.25) is 5.91 Å². The topological polar surface area (TPSA) is 41.1 Å². The predicted molar refractivity (Wildman–Crippen MR) is 85.3 cm³/mol. The average molecular weight is 280 g/mol. The molecule has 1 aliphatic rings. The van der Waals surface area contributed by atoms with Gasteiger partial charge in [-0.3, -0.25) is 4.79 Å². The fourth-order valence-electron chi connectivity index (χ4n) is 2.71. The van der Waals surface area contributed by atoms with Crippen LogP contribution in [0.1, 0.15) is 29.7 Å². The van der Waals surface area contributed by atoms with Crippen molar-refractivity contribution in [2.45, 2.75) is 32.4 Å². The number of benzene rings is 2. The first-order valence-corrected chi connectivity index (χ1v) is 7.35. The maximum absolute atomic E-state index is 12.4. The summed E-state index contributed by atoms with van der Waals surface area (Å²) >= 11 is 0. The Labute approximate surface area is 125 Å². The van der Waals surface area contributed by atoms with Gasteiger partial charge in [0.1, 0.15) is 6.04 Å². The Bertz CT molecular complexity index is 624. The standard InChI is InChI=1S/C18H20N2O/c1-12-7-9-14(10-8-12)13(2)19-18(21)17-11-15-5-3-4-6-16(15)20-17/h3-10,13,17,20H,11H2,1-2H3,(H,19,21)/t13-,17-/m0/s1. The Balaban J connectivity index is 1.64. The minimum Gasteiger partial charge on any atom is -0.373 e. The van der Waals surface area contributed by atoms with Crippen LogP contribution in [-0.4, -0.2) is 11.9 Å². The van der Waals surface area contributed by atoms with Gasteiger partial charge < -0.3 is 10.6 Å². The Hall–Kier alpha value is -2.29. The molecule has 108 valence electrons. The number of anilines is 1. The molecule has 0 bridgehead atoms. The molecule has 0 fully saturated rings. The molecule has 0 unspecified atom stereocenters. The molecule has 0 radical (unpaired) electrons. The van der Waals surface area contributed by atoms with Crippen molar-refractivity contribution in [2.24, 2.45) is 0 Å². The summed E-state index contributed by atoms with van der Waals surface area (Å²) in [6.45, 7) is 4.08. The highest BCUT2D eigenvalue weighted by molar-refractivity contribution is 5.87. The zero-order chi connectivity index (χ0) is 14.8. The van der Waals surface area contributed by atoms with Crippen LogP contribution in [-0.2, 0) is 11.2 Å². The molecule has 1 aliphatic heterocycles. The highest BCUT2D eigenvalue weighted by atomic mass is 16.2. The van der Waals surface area contributed by atoms with Crippen LogP contribution in [0.15, 0.2) is 48.5 Å². The van der Waals surface area contributed by atoms with E-state index in [9.17, 15) is 4.79 Å². The van der Waals surface area contributed by atoms with E-state index in [-0.39, 0.29) is 18.0 Å². The highest BCUT2D eigenvalue weighted by Crippen LogP contribution is 2.25. The number of aryl methyl sites for hydroxylation is 1. The second-order valence-electron chi connectivity index (χ2n) is 5.70. The maximum Gasteiger partial charge on any atom is 0.243 e. The molecule has 2 aromatic rings. The van der Waals surface area contributed by atoms with Crippen molar-refractivity contribution >= 4 is 11.6 Å². The van der Waals surface area contributed by atoms with E-state index in [0.29, 0.717) is 0 Å². The van der Waals surface area contributed by atoms with Gasteiger partial charge in [0, 0.05) is 12.1 Å². The summed E-state index contributed by atoms with van der Waals surface area (Å²) in [6.07, 6.45) is 0.753. The van der Waals surface area contributed by atoms with Gasteiger partial charge in [-0.25, -0.2) is 0 Å². The number of hydrogen-bond acceptors (Lipinski definition) is 2. The van der Waals surface area contributed by atoms with Crippen LogP contribution in [0.3, 0.4) is 0 Å². The predicted octanol–water partition coefficient (Wildman–Crippen LogP) is 3.21. The number of fused-ring (bicyclic) bond motifs is 1. The Morgan fingerprint density at radius 3 is 2.62 bits per heavy atom. The zero-order valence-electron chi connectivity index (χ0n) is 12.4. The lowest BCUT2D eigenvalue weighted by Crippen LogP contribution is -2.39. The van der Waals surface area contributed by atoms with E-state index in [1.165, 1.54) is 11.1 Å². The third-order valence-electron chi connectivity index (χ3n) is 4.02. The fourth-order valence-corrected chi connectivity index (χ4v) is 2.71.